The van der Waals surface area contributed by atoms with Crippen molar-refractivity contribution in [3.8, 4) is 0 Å². The van der Waals surface area contributed by atoms with E-state index in [2.05, 4.69) is 4.74 Å². The summed E-state index contributed by atoms with van der Waals surface area (Å²) in [6.45, 7) is 1.30. The van der Waals surface area contributed by atoms with Gasteiger partial charge in [-0.25, -0.2) is 9.69 Å². The van der Waals surface area contributed by atoms with Crippen molar-refractivity contribution < 1.29 is 19.1 Å². The highest BCUT2D eigenvalue weighted by molar-refractivity contribution is 6.40. The average molecular weight is 245 g/mol. The Morgan fingerprint density at radius 2 is 1.94 bits per heavy atom. The van der Waals surface area contributed by atoms with Gasteiger partial charge in [0.25, 0.3) is 5.91 Å². The number of esters is 1. The number of ether oxygens (including phenoxy) is 1. The molecular formula is C13H11NO4. The van der Waals surface area contributed by atoms with Gasteiger partial charge in [0.15, 0.2) is 0 Å². The van der Waals surface area contributed by atoms with Gasteiger partial charge < -0.3 is 4.74 Å². The van der Waals surface area contributed by atoms with Gasteiger partial charge in [-0.2, -0.15) is 0 Å². The van der Waals surface area contributed by atoms with Gasteiger partial charge in [-0.1, -0.05) is 18.2 Å². The van der Waals surface area contributed by atoms with Gasteiger partial charge in [-0.3, -0.25) is 9.59 Å². The molecule has 1 aromatic carbocycles. The molecule has 5 nitrogen and oxygen atoms in total. The molecule has 5 heteroatoms. The number of fused-ring (bicyclic) bond motifs is 1. The van der Waals surface area contributed by atoms with E-state index in [1.807, 2.05) is 0 Å². The molecule has 1 aliphatic heterocycles. The maximum absolute atomic E-state index is 12.1. The molecule has 92 valence electrons. The highest BCUT2D eigenvalue weighted by Gasteiger charge is 2.35. The lowest BCUT2D eigenvalue weighted by Gasteiger charge is -2.11. The minimum atomic E-state index is -0.626. The molecule has 0 saturated heterocycles. The number of benzene rings is 1. The van der Waals surface area contributed by atoms with Gasteiger partial charge in [0.05, 0.1) is 18.4 Å². The Balaban J connectivity index is 2.59. The third-order valence-electron chi connectivity index (χ3n) is 2.65. The van der Waals surface area contributed by atoms with E-state index in [0.29, 0.717) is 11.3 Å². The summed E-state index contributed by atoms with van der Waals surface area (Å²) >= 11 is 0. The number of anilines is 1. The minimum absolute atomic E-state index is 0.174. The summed E-state index contributed by atoms with van der Waals surface area (Å²) < 4.78 is 4.50. The third kappa shape index (κ3) is 1.79. The first kappa shape index (κ1) is 12.0. The number of hydrogen-bond donors (Lipinski definition) is 0. The Morgan fingerprint density at radius 3 is 2.56 bits per heavy atom. The predicted octanol–water partition coefficient (Wildman–Crippen LogP) is 1.14. The van der Waals surface area contributed by atoms with Gasteiger partial charge in [-0.15, -0.1) is 0 Å². The van der Waals surface area contributed by atoms with Crippen LogP contribution >= 0.6 is 0 Å². The molecule has 2 amide bonds. The van der Waals surface area contributed by atoms with E-state index in [-0.39, 0.29) is 11.5 Å². The van der Waals surface area contributed by atoms with Crippen LogP contribution in [0.4, 0.5) is 5.69 Å². The van der Waals surface area contributed by atoms with Crippen molar-refractivity contribution in [3.05, 3.63) is 35.9 Å². The number of hydrogen-bond acceptors (Lipinski definition) is 4. The van der Waals surface area contributed by atoms with Crippen LogP contribution in [0.25, 0.3) is 5.57 Å². The zero-order valence-electron chi connectivity index (χ0n) is 9.97. The average Bonchev–Trinajstić information content (AvgIpc) is 2.62. The van der Waals surface area contributed by atoms with E-state index in [4.69, 9.17) is 0 Å². The molecule has 0 bridgehead atoms. The van der Waals surface area contributed by atoms with Gasteiger partial charge in [0.1, 0.15) is 0 Å². The van der Waals surface area contributed by atoms with Crippen molar-refractivity contribution in [2.75, 3.05) is 12.0 Å². The topological polar surface area (TPSA) is 63.7 Å². The summed E-state index contributed by atoms with van der Waals surface area (Å²) in [6.07, 6.45) is 1.10. The van der Waals surface area contributed by atoms with Crippen LogP contribution in [-0.4, -0.2) is 24.9 Å². The first-order valence-corrected chi connectivity index (χ1v) is 5.30. The SMILES string of the molecule is COC(=O)/C=C1/C(=O)N(C(C)=O)c2ccccc21. The summed E-state index contributed by atoms with van der Waals surface area (Å²) in [4.78, 5) is 35.9. The van der Waals surface area contributed by atoms with Gasteiger partial charge >= 0.3 is 5.97 Å². The molecule has 1 heterocycles. The molecule has 0 atom stereocenters. The second kappa shape index (κ2) is 4.44. The van der Waals surface area contributed by atoms with Crippen LogP contribution < -0.4 is 4.90 Å². The molecule has 0 spiro atoms. The number of nitrogens with zero attached hydrogens (tertiary/aromatic N) is 1. The van der Waals surface area contributed by atoms with Gasteiger partial charge in [-0.05, 0) is 6.07 Å². The maximum Gasteiger partial charge on any atom is 0.331 e. The van der Waals surface area contributed by atoms with Crippen molar-refractivity contribution >= 4 is 29.0 Å². The van der Waals surface area contributed by atoms with E-state index in [1.165, 1.54) is 14.0 Å². The first-order chi connectivity index (χ1) is 8.56. The van der Waals surface area contributed by atoms with E-state index < -0.39 is 11.9 Å². The van der Waals surface area contributed by atoms with Crippen molar-refractivity contribution in [3.63, 3.8) is 0 Å². The molecule has 0 radical (unpaired) electrons. The van der Waals surface area contributed by atoms with E-state index in [9.17, 15) is 14.4 Å². The fraction of sp³-hybridized carbons (Fsp3) is 0.154. The first-order valence-electron chi connectivity index (χ1n) is 5.30. The van der Waals surface area contributed by atoms with Gasteiger partial charge in [0, 0.05) is 18.6 Å². The normalized spacial score (nSPS) is 15.8. The number of carbonyl (C=O) groups is 3. The van der Waals surface area contributed by atoms with Gasteiger partial charge in [0.2, 0.25) is 5.91 Å². The third-order valence-corrected chi connectivity index (χ3v) is 2.65. The second-order valence-electron chi connectivity index (χ2n) is 3.76. The lowest BCUT2D eigenvalue weighted by atomic mass is 10.1. The molecule has 0 unspecified atom stereocenters. The molecule has 0 aromatic heterocycles. The largest absolute Gasteiger partial charge is 0.466 e. The van der Waals surface area contributed by atoms with Crippen LogP contribution in [0.3, 0.4) is 0 Å². The zero-order chi connectivity index (χ0) is 13.3. The lowest BCUT2D eigenvalue weighted by molar-refractivity contribution is -0.135. The minimum Gasteiger partial charge on any atom is -0.466 e. The van der Waals surface area contributed by atoms with Crippen LogP contribution in [0, 0.1) is 0 Å². The molecule has 1 aromatic rings. The van der Waals surface area contributed by atoms with E-state index >= 15 is 0 Å². The Hall–Kier alpha value is -2.43. The Kier molecular flexibility index (Phi) is 2.97. The smallest absolute Gasteiger partial charge is 0.331 e. The summed E-state index contributed by atoms with van der Waals surface area (Å²) in [7, 11) is 1.23. The number of imide groups is 1. The monoisotopic (exact) mass is 245 g/mol. The van der Waals surface area contributed by atoms with Crippen LogP contribution in [0.2, 0.25) is 0 Å². The molecular weight excluding hydrogens is 234 g/mol. The maximum atomic E-state index is 12.1. The van der Waals surface area contributed by atoms with E-state index in [1.54, 1.807) is 24.3 Å². The number of para-hydroxylation sites is 1. The number of carbonyl (C=O) groups excluding carboxylic acids is 3. The van der Waals surface area contributed by atoms with Crippen molar-refractivity contribution in [1.29, 1.82) is 0 Å². The summed E-state index contributed by atoms with van der Waals surface area (Å²) in [6, 6.07) is 6.81. The van der Waals surface area contributed by atoms with Crippen molar-refractivity contribution in [2.45, 2.75) is 6.92 Å². The highest BCUT2D eigenvalue weighted by atomic mass is 16.5. The number of amides is 2. The summed E-state index contributed by atoms with van der Waals surface area (Å²) in [5.41, 5.74) is 1.22. The standard InChI is InChI=1S/C13H11NO4/c1-8(15)14-11-6-4-3-5-9(11)10(13(14)17)7-12(16)18-2/h3-7H,1-2H3/b10-7+. The lowest BCUT2D eigenvalue weighted by Crippen LogP contribution is -2.31. The number of rotatable bonds is 1. The molecule has 0 saturated carbocycles. The highest BCUT2D eigenvalue weighted by Crippen LogP contribution is 2.36. The zero-order valence-corrected chi connectivity index (χ0v) is 9.97. The molecule has 0 N–H and O–H groups in total. The van der Waals surface area contributed by atoms with Crippen molar-refractivity contribution in [2.24, 2.45) is 0 Å². The van der Waals surface area contributed by atoms with Crippen LogP contribution in [0.5, 0.6) is 0 Å². The predicted molar refractivity (Wildman–Crippen MR) is 64.6 cm³/mol. The summed E-state index contributed by atoms with van der Waals surface area (Å²) in [5.74, 6) is -1.52. The Bertz CT molecular complexity index is 574. The van der Waals surface area contributed by atoms with Crippen LogP contribution in [0.15, 0.2) is 30.3 Å². The fourth-order valence-corrected chi connectivity index (χ4v) is 1.87. The molecule has 18 heavy (non-hydrogen) atoms. The van der Waals surface area contributed by atoms with E-state index in [0.717, 1.165) is 11.0 Å². The Morgan fingerprint density at radius 1 is 1.28 bits per heavy atom. The molecule has 0 aliphatic carbocycles. The second-order valence-corrected chi connectivity index (χ2v) is 3.76. The Labute approximate surface area is 104 Å². The summed E-state index contributed by atoms with van der Waals surface area (Å²) in [5, 5.41) is 0. The molecule has 2 rings (SSSR count). The molecule has 0 fully saturated rings. The fourth-order valence-electron chi connectivity index (χ4n) is 1.87. The van der Waals surface area contributed by atoms with Crippen LogP contribution in [0.1, 0.15) is 12.5 Å². The quantitative estimate of drug-likeness (QED) is 0.549. The van der Waals surface area contributed by atoms with Crippen LogP contribution in [-0.2, 0) is 19.1 Å². The molecule has 1 aliphatic rings. The van der Waals surface area contributed by atoms with Crippen molar-refractivity contribution in [1.82, 2.24) is 0 Å². The number of methoxy groups -OCH3 is 1.